The number of aromatic nitrogens is 2. The van der Waals surface area contributed by atoms with Crippen LogP contribution in [0.4, 0.5) is 0 Å². The molecule has 0 amide bonds. The Morgan fingerprint density at radius 3 is 2.59 bits per heavy atom. The number of fused-ring (bicyclic) bond motifs is 1. The summed E-state index contributed by atoms with van der Waals surface area (Å²) in [6.45, 7) is 0.450. The molecule has 0 saturated heterocycles. The summed E-state index contributed by atoms with van der Waals surface area (Å²) in [5.41, 5.74) is 3.32. The minimum atomic E-state index is -0.813. The molecule has 5 heteroatoms. The summed E-state index contributed by atoms with van der Waals surface area (Å²) in [5.74, 6) is 0.668. The van der Waals surface area contributed by atoms with Crippen LogP contribution in [0.5, 0.6) is 5.75 Å². The highest BCUT2D eigenvalue weighted by Gasteiger charge is 2.19. The number of halogens is 1. The highest BCUT2D eigenvalue weighted by Crippen LogP contribution is 2.34. The molecule has 2 heterocycles. The number of aromatic amines is 1. The number of aliphatic hydroxyl groups is 1. The second-order valence-electron chi connectivity index (χ2n) is 6.01. The number of pyridine rings is 1. The molecular weight excluding hydrogens is 404 g/mol. The Bertz CT molecular complexity index is 1030. The zero-order valence-corrected chi connectivity index (χ0v) is 15.5. The maximum absolute atomic E-state index is 11.0. The van der Waals surface area contributed by atoms with Gasteiger partial charge in [-0.1, -0.05) is 56.0 Å². The molecule has 2 aromatic carbocycles. The summed E-state index contributed by atoms with van der Waals surface area (Å²) in [4.78, 5) is 7.44. The molecule has 0 aliphatic rings. The first-order valence-corrected chi connectivity index (χ1v) is 9.08. The van der Waals surface area contributed by atoms with Crippen molar-refractivity contribution in [3.05, 3.63) is 94.2 Å². The number of hydrogen-bond donors (Lipinski definition) is 2. The Kier molecular flexibility index (Phi) is 5.94. The highest BCUT2D eigenvalue weighted by molar-refractivity contribution is 9.10. The van der Waals surface area contributed by atoms with Crippen LogP contribution in [0.2, 0.25) is 0 Å². The van der Waals surface area contributed by atoms with E-state index in [1.165, 1.54) is 0 Å². The molecule has 0 radical (unpaired) electrons. The normalized spacial score (nSPS) is 11.8. The predicted molar refractivity (Wildman–Crippen MR) is 112 cm³/mol. The Morgan fingerprint density at radius 2 is 1.78 bits per heavy atom. The van der Waals surface area contributed by atoms with Gasteiger partial charge in [-0.3, -0.25) is 0 Å². The first-order valence-electron chi connectivity index (χ1n) is 8.28. The fraction of sp³-hybridized carbons (Fsp3) is 0.136. The van der Waals surface area contributed by atoms with Gasteiger partial charge in [0.05, 0.1) is 0 Å². The lowest BCUT2D eigenvalue weighted by Gasteiger charge is -2.16. The van der Waals surface area contributed by atoms with Crippen LogP contribution in [-0.2, 0) is 6.61 Å². The van der Waals surface area contributed by atoms with Gasteiger partial charge >= 0.3 is 0 Å². The Balaban J connectivity index is 0.00000210. The van der Waals surface area contributed by atoms with E-state index in [9.17, 15) is 5.11 Å². The average Bonchev–Trinajstić information content (AvgIpc) is 3.10. The number of H-pyrrole nitrogens is 1. The van der Waals surface area contributed by atoms with Gasteiger partial charge in [-0.2, -0.15) is 0 Å². The fourth-order valence-electron chi connectivity index (χ4n) is 2.97. The van der Waals surface area contributed by atoms with Crippen LogP contribution in [0.1, 0.15) is 30.2 Å². The second-order valence-corrected chi connectivity index (χ2v) is 6.92. The smallest absolute Gasteiger partial charge is 0.137 e. The van der Waals surface area contributed by atoms with Gasteiger partial charge in [-0.25, -0.2) is 4.98 Å². The lowest BCUT2D eigenvalue weighted by molar-refractivity contribution is 0.210. The molecule has 0 saturated carbocycles. The van der Waals surface area contributed by atoms with E-state index < -0.39 is 6.10 Å². The topological polar surface area (TPSA) is 58.1 Å². The summed E-state index contributed by atoms with van der Waals surface area (Å²) < 4.78 is 6.85. The number of rotatable bonds is 5. The van der Waals surface area contributed by atoms with E-state index in [0.717, 1.165) is 32.2 Å². The van der Waals surface area contributed by atoms with Gasteiger partial charge in [-0.05, 0) is 33.6 Å². The van der Waals surface area contributed by atoms with Gasteiger partial charge in [0.2, 0.25) is 0 Å². The van der Waals surface area contributed by atoms with Crippen LogP contribution in [0.3, 0.4) is 0 Å². The van der Waals surface area contributed by atoms with Crippen LogP contribution in [0.15, 0.2) is 77.5 Å². The predicted octanol–water partition coefficient (Wildman–Crippen LogP) is 5.62. The van der Waals surface area contributed by atoms with Crippen molar-refractivity contribution < 1.29 is 9.84 Å². The van der Waals surface area contributed by atoms with E-state index in [4.69, 9.17) is 4.74 Å². The summed E-state index contributed by atoms with van der Waals surface area (Å²) in [6, 6.07) is 19.5. The maximum Gasteiger partial charge on any atom is 0.137 e. The lowest BCUT2D eigenvalue weighted by Crippen LogP contribution is -2.04. The van der Waals surface area contributed by atoms with Crippen molar-refractivity contribution in [2.24, 2.45) is 0 Å². The van der Waals surface area contributed by atoms with E-state index in [1.54, 1.807) is 12.4 Å². The summed E-state index contributed by atoms with van der Waals surface area (Å²) >= 11 is 3.44. The Morgan fingerprint density at radius 1 is 1.04 bits per heavy atom. The number of nitrogens with zero attached hydrogens (tertiary/aromatic N) is 1. The zero-order valence-electron chi connectivity index (χ0n) is 13.9. The molecule has 0 bridgehead atoms. The summed E-state index contributed by atoms with van der Waals surface area (Å²) in [6.07, 6.45) is 2.71. The number of ether oxygens (including phenoxy) is 1. The van der Waals surface area contributed by atoms with Crippen LogP contribution in [0.25, 0.3) is 11.0 Å². The molecule has 1 atom stereocenters. The van der Waals surface area contributed by atoms with Crippen LogP contribution >= 0.6 is 15.9 Å². The van der Waals surface area contributed by atoms with E-state index >= 15 is 0 Å². The average molecular weight is 425 g/mol. The van der Waals surface area contributed by atoms with Crippen molar-refractivity contribution in [3.8, 4) is 5.75 Å². The molecule has 27 heavy (non-hydrogen) atoms. The minimum Gasteiger partial charge on any atom is -0.489 e. The Labute approximate surface area is 167 Å². The molecule has 0 fully saturated rings. The van der Waals surface area contributed by atoms with Gasteiger partial charge in [0.15, 0.2) is 0 Å². The third kappa shape index (κ3) is 4.04. The van der Waals surface area contributed by atoms with Gasteiger partial charge in [-0.15, -0.1) is 0 Å². The van der Waals surface area contributed by atoms with Crippen molar-refractivity contribution >= 4 is 27.0 Å². The van der Waals surface area contributed by atoms with Crippen molar-refractivity contribution in [3.63, 3.8) is 0 Å². The van der Waals surface area contributed by atoms with Crippen molar-refractivity contribution in [1.82, 2.24) is 9.97 Å². The highest BCUT2D eigenvalue weighted by atomic mass is 79.9. The first-order chi connectivity index (χ1) is 12.7. The van der Waals surface area contributed by atoms with E-state index in [-0.39, 0.29) is 7.43 Å². The maximum atomic E-state index is 11.0. The van der Waals surface area contributed by atoms with Crippen LogP contribution in [0, 0.1) is 0 Å². The van der Waals surface area contributed by atoms with E-state index in [0.29, 0.717) is 12.4 Å². The summed E-state index contributed by atoms with van der Waals surface area (Å²) in [7, 11) is 0. The fourth-order valence-corrected chi connectivity index (χ4v) is 3.30. The number of nitrogens with one attached hydrogen (secondary N) is 1. The van der Waals surface area contributed by atoms with E-state index in [2.05, 4.69) is 25.9 Å². The molecule has 138 valence electrons. The lowest BCUT2D eigenvalue weighted by atomic mass is 10.0. The number of aliphatic hydroxyl groups excluding tert-OH is 1. The number of benzene rings is 2. The SMILES string of the molecule is C.OC(c1ccccc1OCc1ccccc1)c1c[nH]c2ncc(Br)cc12. The third-order valence-corrected chi connectivity index (χ3v) is 4.71. The molecule has 2 N–H and O–H groups in total. The molecule has 0 aliphatic carbocycles. The molecule has 4 rings (SSSR count). The van der Waals surface area contributed by atoms with Crippen molar-refractivity contribution in [2.45, 2.75) is 20.1 Å². The first kappa shape index (κ1) is 19.1. The second kappa shape index (κ2) is 8.37. The van der Waals surface area contributed by atoms with Gasteiger partial charge in [0.25, 0.3) is 0 Å². The Hall–Kier alpha value is -2.63. The quantitative estimate of drug-likeness (QED) is 0.436. The van der Waals surface area contributed by atoms with E-state index in [1.807, 2.05) is 60.7 Å². The molecule has 0 aliphatic heterocycles. The molecule has 2 aromatic heterocycles. The molecule has 4 nitrogen and oxygen atoms in total. The molecule has 1 unspecified atom stereocenters. The van der Waals surface area contributed by atoms with Gasteiger partial charge < -0.3 is 14.8 Å². The molecule has 0 spiro atoms. The number of hydrogen-bond acceptors (Lipinski definition) is 3. The van der Waals surface area contributed by atoms with Crippen molar-refractivity contribution in [1.29, 1.82) is 0 Å². The minimum absolute atomic E-state index is 0. The molecular formula is C22H21BrN2O2. The largest absolute Gasteiger partial charge is 0.489 e. The zero-order chi connectivity index (χ0) is 17.9. The van der Waals surface area contributed by atoms with Crippen molar-refractivity contribution in [2.75, 3.05) is 0 Å². The van der Waals surface area contributed by atoms with Gasteiger partial charge in [0.1, 0.15) is 24.1 Å². The van der Waals surface area contributed by atoms with Crippen LogP contribution < -0.4 is 4.74 Å². The molecule has 4 aromatic rings. The van der Waals surface area contributed by atoms with Crippen LogP contribution in [-0.4, -0.2) is 15.1 Å². The monoisotopic (exact) mass is 424 g/mol. The van der Waals surface area contributed by atoms with Gasteiger partial charge in [0, 0.05) is 33.4 Å². The number of para-hydroxylation sites is 1. The standard InChI is InChI=1S/C21H17BrN2O2.CH4/c22-15-10-17-18(12-24-21(17)23-11-15)20(25)16-8-4-5-9-19(16)26-13-14-6-2-1-3-7-14;/h1-12,20,25H,13H2,(H,23,24);1H4. The summed E-state index contributed by atoms with van der Waals surface area (Å²) in [5, 5.41) is 11.9. The third-order valence-electron chi connectivity index (χ3n) is 4.28.